The summed E-state index contributed by atoms with van der Waals surface area (Å²) < 4.78 is 6.65. The normalized spacial score (nSPS) is 10.7. The zero-order valence-corrected chi connectivity index (χ0v) is 14.9. The Hall–Kier alpha value is -2.19. The van der Waals surface area contributed by atoms with E-state index in [1.165, 1.54) is 11.3 Å². The van der Waals surface area contributed by atoms with Gasteiger partial charge in [0.1, 0.15) is 0 Å². The monoisotopic (exact) mass is 407 g/mol. The molecule has 6 nitrogen and oxygen atoms in total. The predicted molar refractivity (Wildman–Crippen MR) is 95.3 cm³/mol. The predicted octanol–water partition coefficient (Wildman–Crippen LogP) is 3.20. The lowest BCUT2D eigenvalue weighted by Gasteiger charge is -2.04. The number of benzene rings is 1. The zero-order valence-electron chi connectivity index (χ0n) is 12.5. The third-order valence-electron chi connectivity index (χ3n) is 3.21. The van der Waals surface area contributed by atoms with E-state index in [1.54, 1.807) is 12.1 Å². The van der Waals surface area contributed by atoms with Crippen LogP contribution in [0.15, 0.2) is 45.5 Å². The summed E-state index contributed by atoms with van der Waals surface area (Å²) in [5.41, 5.74) is 0.824. The number of nitrogens with zero attached hydrogens (tertiary/aromatic N) is 1. The average Bonchev–Trinajstić information content (AvgIpc) is 3.20. The molecule has 1 aromatic carbocycles. The lowest BCUT2D eigenvalue weighted by Crippen LogP contribution is -2.29. The Morgan fingerprint density at radius 3 is 2.54 bits per heavy atom. The summed E-state index contributed by atoms with van der Waals surface area (Å²) in [5.74, 6) is -0.226. The summed E-state index contributed by atoms with van der Waals surface area (Å²) in [6, 6.07) is 10.9. The molecule has 24 heavy (non-hydrogen) atoms. The first-order valence-corrected chi connectivity index (χ1v) is 8.92. The summed E-state index contributed by atoms with van der Waals surface area (Å²) in [4.78, 5) is 28.1. The van der Waals surface area contributed by atoms with Gasteiger partial charge in [0.05, 0.1) is 10.2 Å². The number of carbonyl (C=O) groups is 2. The summed E-state index contributed by atoms with van der Waals surface area (Å²) >= 11 is 4.51. The highest BCUT2D eigenvalue weighted by Gasteiger charge is 2.12. The summed E-state index contributed by atoms with van der Waals surface area (Å²) in [6.45, 7) is 0.897. The standard InChI is InChI=1S/C16H14BrN3O3S/c17-13-7-6-11(23-13)14(21)18-8-3-9-19-15(22)16-20-10-4-1-2-5-12(10)24-16/h1-2,4-7H,3,8-9H2,(H,18,21)(H,19,22). The second-order valence-electron chi connectivity index (χ2n) is 4.96. The molecule has 0 saturated carbocycles. The van der Waals surface area contributed by atoms with Gasteiger partial charge in [0, 0.05) is 13.1 Å². The number of para-hydroxylation sites is 1. The van der Waals surface area contributed by atoms with E-state index in [2.05, 4.69) is 31.5 Å². The highest BCUT2D eigenvalue weighted by molar-refractivity contribution is 9.10. The van der Waals surface area contributed by atoms with Crippen LogP contribution in [0.2, 0.25) is 0 Å². The van der Waals surface area contributed by atoms with Crippen LogP contribution < -0.4 is 10.6 Å². The number of hydrogen-bond donors (Lipinski definition) is 2. The third kappa shape index (κ3) is 4.01. The molecule has 0 aliphatic carbocycles. The minimum Gasteiger partial charge on any atom is -0.444 e. The first-order valence-electron chi connectivity index (χ1n) is 7.31. The molecule has 0 unspecified atom stereocenters. The van der Waals surface area contributed by atoms with Crippen LogP contribution in [-0.4, -0.2) is 29.9 Å². The Bertz CT molecular complexity index is 841. The van der Waals surface area contributed by atoms with Crippen molar-refractivity contribution in [1.82, 2.24) is 15.6 Å². The average molecular weight is 408 g/mol. The minimum absolute atomic E-state index is 0.197. The van der Waals surface area contributed by atoms with Gasteiger partial charge in [0.2, 0.25) is 0 Å². The topological polar surface area (TPSA) is 84.2 Å². The zero-order chi connectivity index (χ0) is 16.9. The quantitative estimate of drug-likeness (QED) is 0.614. The first-order chi connectivity index (χ1) is 11.6. The van der Waals surface area contributed by atoms with E-state index < -0.39 is 0 Å². The Morgan fingerprint density at radius 2 is 1.83 bits per heavy atom. The number of thiazole rings is 1. The molecule has 3 aromatic rings. The van der Waals surface area contributed by atoms with Crippen molar-refractivity contribution in [2.24, 2.45) is 0 Å². The fraction of sp³-hybridized carbons (Fsp3) is 0.188. The van der Waals surface area contributed by atoms with Crippen molar-refractivity contribution in [3.63, 3.8) is 0 Å². The van der Waals surface area contributed by atoms with Gasteiger partial charge < -0.3 is 15.1 Å². The van der Waals surface area contributed by atoms with Crippen LogP contribution in [0.5, 0.6) is 0 Å². The molecule has 0 spiro atoms. The number of aromatic nitrogens is 1. The lowest BCUT2D eigenvalue weighted by atomic mass is 10.3. The van der Waals surface area contributed by atoms with Gasteiger partial charge in [-0.3, -0.25) is 9.59 Å². The Balaban J connectivity index is 1.41. The van der Waals surface area contributed by atoms with E-state index in [0.717, 1.165) is 10.2 Å². The van der Waals surface area contributed by atoms with Crippen LogP contribution in [-0.2, 0) is 0 Å². The number of rotatable bonds is 6. The Kier molecular flexibility index (Phi) is 5.27. The molecule has 8 heteroatoms. The van der Waals surface area contributed by atoms with E-state index in [0.29, 0.717) is 29.2 Å². The van der Waals surface area contributed by atoms with E-state index in [1.807, 2.05) is 24.3 Å². The van der Waals surface area contributed by atoms with Gasteiger partial charge in [0.15, 0.2) is 15.4 Å². The molecule has 0 saturated heterocycles. The molecule has 2 amide bonds. The molecule has 0 aliphatic rings. The molecule has 0 bridgehead atoms. The van der Waals surface area contributed by atoms with E-state index in [4.69, 9.17) is 4.42 Å². The van der Waals surface area contributed by atoms with E-state index in [9.17, 15) is 9.59 Å². The Labute approximate surface area is 150 Å². The van der Waals surface area contributed by atoms with E-state index in [-0.39, 0.29) is 17.6 Å². The van der Waals surface area contributed by atoms with Crippen LogP contribution >= 0.6 is 27.3 Å². The second kappa shape index (κ2) is 7.59. The third-order valence-corrected chi connectivity index (χ3v) is 4.67. The van der Waals surface area contributed by atoms with Gasteiger partial charge in [-0.2, -0.15) is 0 Å². The van der Waals surface area contributed by atoms with Gasteiger partial charge in [-0.05, 0) is 46.6 Å². The van der Waals surface area contributed by atoms with Gasteiger partial charge in [-0.1, -0.05) is 12.1 Å². The number of furan rings is 1. The van der Waals surface area contributed by atoms with Gasteiger partial charge in [-0.15, -0.1) is 11.3 Å². The SMILES string of the molecule is O=C(NCCCNC(=O)c1nc2ccccc2s1)c1ccc(Br)o1. The molecule has 2 aromatic heterocycles. The maximum absolute atomic E-state index is 12.1. The molecule has 0 aliphatic heterocycles. The highest BCUT2D eigenvalue weighted by atomic mass is 79.9. The van der Waals surface area contributed by atoms with Crippen molar-refractivity contribution in [3.8, 4) is 0 Å². The number of fused-ring (bicyclic) bond motifs is 1. The van der Waals surface area contributed by atoms with Crippen molar-refractivity contribution >= 4 is 49.3 Å². The molecule has 0 atom stereocenters. The molecule has 2 heterocycles. The molecule has 2 N–H and O–H groups in total. The van der Waals surface area contributed by atoms with Crippen LogP contribution in [0.25, 0.3) is 10.2 Å². The van der Waals surface area contributed by atoms with Crippen molar-refractivity contribution in [2.75, 3.05) is 13.1 Å². The van der Waals surface area contributed by atoms with Crippen LogP contribution in [0.3, 0.4) is 0 Å². The molecule has 3 rings (SSSR count). The fourth-order valence-corrected chi connectivity index (χ4v) is 3.25. The molecule has 0 fully saturated rings. The number of halogens is 1. The molecular formula is C16H14BrN3O3S. The largest absolute Gasteiger partial charge is 0.444 e. The first kappa shape index (κ1) is 16.7. The lowest BCUT2D eigenvalue weighted by molar-refractivity contribution is 0.0924. The van der Waals surface area contributed by atoms with Crippen molar-refractivity contribution < 1.29 is 14.0 Å². The molecule has 0 radical (unpaired) electrons. The highest BCUT2D eigenvalue weighted by Crippen LogP contribution is 2.21. The van der Waals surface area contributed by atoms with Crippen molar-refractivity contribution in [3.05, 3.63) is 51.8 Å². The van der Waals surface area contributed by atoms with Gasteiger partial charge in [-0.25, -0.2) is 4.98 Å². The minimum atomic E-state index is -0.279. The van der Waals surface area contributed by atoms with E-state index >= 15 is 0 Å². The number of hydrogen-bond acceptors (Lipinski definition) is 5. The number of amides is 2. The van der Waals surface area contributed by atoms with Gasteiger partial charge in [0.25, 0.3) is 11.8 Å². The summed E-state index contributed by atoms with van der Waals surface area (Å²) in [6.07, 6.45) is 0.615. The number of carbonyl (C=O) groups excluding carboxylic acids is 2. The molecular weight excluding hydrogens is 394 g/mol. The maximum atomic E-state index is 12.1. The van der Waals surface area contributed by atoms with Crippen LogP contribution in [0.4, 0.5) is 0 Å². The summed E-state index contributed by atoms with van der Waals surface area (Å²) in [7, 11) is 0. The van der Waals surface area contributed by atoms with Crippen LogP contribution in [0.1, 0.15) is 26.8 Å². The second-order valence-corrected chi connectivity index (χ2v) is 6.77. The maximum Gasteiger partial charge on any atom is 0.287 e. The number of nitrogens with one attached hydrogen (secondary N) is 2. The molecule has 124 valence electrons. The van der Waals surface area contributed by atoms with Gasteiger partial charge >= 0.3 is 0 Å². The summed E-state index contributed by atoms with van der Waals surface area (Å²) in [5, 5.41) is 5.98. The fourth-order valence-electron chi connectivity index (χ4n) is 2.06. The Morgan fingerprint density at radius 1 is 1.08 bits per heavy atom. The van der Waals surface area contributed by atoms with Crippen molar-refractivity contribution in [2.45, 2.75) is 6.42 Å². The smallest absolute Gasteiger partial charge is 0.287 e. The van der Waals surface area contributed by atoms with Crippen LogP contribution in [0, 0.1) is 0 Å². The van der Waals surface area contributed by atoms with Crippen molar-refractivity contribution in [1.29, 1.82) is 0 Å².